The number of aliphatic hydroxyl groups is 1. The molecule has 53 heavy (non-hydrogen) atoms. The van der Waals surface area contributed by atoms with E-state index in [0.717, 1.165) is 5.56 Å². The number of nitrogens with one attached hydrogen (secondary N) is 1. The number of halogens is 1. The number of nitrogens with zero attached hydrogens (tertiary/aromatic N) is 2. The first-order valence-corrected chi connectivity index (χ1v) is 19.3. The summed E-state index contributed by atoms with van der Waals surface area (Å²) < 4.78 is 18.6. The number of aliphatic hydroxyl groups excluding tert-OH is 1. The van der Waals surface area contributed by atoms with Crippen molar-refractivity contribution >= 4 is 39.6 Å². The second-order valence-electron chi connectivity index (χ2n) is 14.6. The van der Waals surface area contributed by atoms with Gasteiger partial charge in [-0.15, -0.1) is 13.2 Å². The van der Waals surface area contributed by atoms with E-state index in [4.69, 9.17) is 14.2 Å². The number of ether oxygens (including phenoxy) is 3. The molecule has 0 saturated carbocycles. The molecule has 3 fully saturated rings. The first-order chi connectivity index (χ1) is 25.5. The molecule has 9 atom stereocenters. The summed E-state index contributed by atoms with van der Waals surface area (Å²) in [4.78, 5) is 60.2. The molecule has 2 aromatic rings. The summed E-state index contributed by atoms with van der Waals surface area (Å²) in [5.41, 5.74) is 0.162. The van der Waals surface area contributed by atoms with E-state index >= 15 is 0 Å². The molecule has 286 valence electrons. The monoisotopic (exact) mass is 793 g/mol. The molecule has 2 aromatic carbocycles. The average molecular weight is 795 g/mol. The number of methoxy groups -OCH3 is 1. The minimum atomic E-state index is -1.37. The highest BCUT2D eigenvalue weighted by molar-refractivity contribution is 9.09. The maximum absolute atomic E-state index is 14.9. The summed E-state index contributed by atoms with van der Waals surface area (Å²) in [6.07, 6.45) is 2.96. The molecule has 3 aliphatic rings. The number of esters is 1. The van der Waals surface area contributed by atoms with Gasteiger partial charge in [-0.3, -0.25) is 19.2 Å². The van der Waals surface area contributed by atoms with Gasteiger partial charge in [0, 0.05) is 31.4 Å². The van der Waals surface area contributed by atoms with Gasteiger partial charge in [0.2, 0.25) is 17.7 Å². The zero-order chi connectivity index (χ0) is 38.3. The summed E-state index contributed by atoms with van der Waals surface area (Å²) in [5, 5.41) is 13.7. The van der Waals surface area contributed by atoms with E-state index in [1.165, 1.54) is 12.0 Å². The molecule has 0 radical (unpaired) electrons. The van der Waals surface area contributed by atoms with Gasteiger partial charge < -0.3 is 34.4 Å². The van der Waals surface area contributed by atoms with E-state index in [9.17, 15) is 24.3 Å². The third-order valence-electron chi connectivity index (χ3n) is 10.5. The van der Waals surface area contributed by atoms with Gasteiger partial charge >= 0.3 is 5.97 Å². The molecular formula is C41H52BrN3O8. The van der Waals surface area contributed by atoms with Crippen molar-refractivity contribution in [2.45, 2.75) is 86.8 Å². The van der Waals surface area contributed by atoms with Gasteiger partial charge in [0.15, 0.2) is 0 Å². The van der Waals surface area contributed by atoms with Crippen molar-refractivity contribution in [2.75, 3.05) is 26.9 Å². The third kappa shape index (κ3) is 8.46. The molecule has 5 rings (SSSR count). The normalized spacial score (nSPS) is 26.1. The first kappa shape index (κ1) is 40.3. The zero-order valence-corrected chi connectivity index (χ0v) is 32.4. The summed E-state index contributed by atoms with van der Waals surface area (Å²) in [7, 11) is 1.50. The molecule has 3 aliphatic heterocycles. The number of fused-ring (bicyclic) bond motifs is 1. The Hall–Kier alpha value is -3.84. The largest absolute Gasteiger partial charge is 0.455 e. The number of carbonyl (C=O) groups is 4. The van der Waals surface area contributed by atoms with Crippen molar-refractivity contribution < 1.29 is 38.5 Å². The van der Waals surface area contributed by atoms with E-state index < -0.39 is 59.6 Å². The number of amides is 3. The predicted molar refractivity (Wildman–Crippen MR) is 203 cm³/mol. The third-order valence-corrected chi connectivity index (χ3v) is 11.3. The fourth-order valence-corrected chi connectivity index (χ4v) is 9.26. The van der Waals surface area contributed by atoms with Crippen LogP contribution in [0.4, 0.5) is 0 Å². The molecule has 2 N–H and O–H groups in total. The lowest BCUT2D eigenvalue weighted by Crippen LogP contribution is -2.59. The van der Waals surface area contributed by atoms with Crippen molar-refractivity contribution in [3.8, 4) is 0 Å². The highest BCUT2D eigenvalue weighted by atomic mass is 79.9. The smallest absolute Gasteiger partial charge is 0.313 e. The van der Waals surface area contributed by atoms with Crippen LogP contribution in [0.1, 0.15) is 56.8 Å². The van der Waals surface area contributed by atoms with E-state index in [1.807, 2.05) is 62.4 Å². The van der Waals surface area contributed by atoms with Crippen LogP contribution in [0.5, 0.6) is 0 Å². The zero-order valence-electron chi connectivity index (χ0n) is 30.8. The molecule has 0 aromatic heterocycles. The number of carbonyl (C=O) groups excluding carboxylic acids is 4. The van der Waals surface area contributed by atoms with Crippen LogP contribution in [0.15, 0.2) is 86.0 Å². The quantitative estimate of drug-likeness (QED) is 0.119. The Bertz CT molecular complexity index is 1610. The van der Waals surface area contributed by atoms with Gasteiger partial charge in [-0.2, -0.15) is 0 Å². The second-order valence-corrected chi connectivity index (χ2v) is 15.8. The van der Waals surface area contributed by atoms with Gasteiger partial charge in [-0.05, 0) is 36.3 Å². The van der Waals surface area contributed by atoms with Crippen LogP contribution in [-0.4, -0.2) is 100 Å². The maximum Gasteiger partial charge on any atom is 0.313 e. The van der Waals surface area contributed by atoms with Crippen LogP contribution in [0.2, 0.25) is 0 Å². The summed E-state index contributed by atoms with van der Waals surface area (Å²) in [6, 6.07) is 16.1. The van der Waals surface area contributed by atoms with Gasteiger partial charge in [-0.1, -0.05) is 103 Å². The van der Waals surface area contributed by atoms with Crippen molar-refractivity contribution in [1.82, 2.24) is 15.1 Å². The SMILES string of the molecule is C=CCCC(=O)N[C@@H](COC)[C@@H](OC(=O)[C@H]1[C@@H]2O[C@@]3(CC2Br)[C@@H]1C(=O)N([C@@H](CO)CC(C)C)[C@@H]3C(=O)N(CC=C)Cc1ccccc1)c1ccccc1. The van der Waals surface area contributed by atoms with Gasteiger partial charge in [0.1, 0.15) is 17.7 Å². The Balaban J connectivity index is 1.54. The van der Waals surface area contributed by atoms with Crippen LogP contribution < -0.4 is 5.32 Å². The number of hydrogen-bond donors (Lipinski definition) is 2. The van der Waals surface area contributed by atoms with Crippen molar-refractivity contribution in [3.63, 3.8) is 0 Å². The number of likely N-dealkylation sites (tertiary alicyclic amines) is 1. The molecule has 3 saturated heterocycles. The average Bonchev–Trinajstić information content (AvgIpc) is 3.75. The fourth-order valence-electron chi connectivity index (χ4n) is 8.32. The lowest BCUT2D eigenvalue weighted by molar-refractivity contribution is -0.163. The molecule has 1 unspecified atom stereocenters. The number of hydrogen-bond acceptors (Lipinski definition) is 8. The predicted octanol–water partition coefficient (Wildman–Crippen LogP) is 4.74. The number of alkyl halides is 1. The summed E-state index contributed by atoms with van der Waals surface area (Å²) in [6.45, 7) is 11.7. The number of allylic oxidation sites excluding steroid dienone is 1. The van der Waals surface area contributed by atoms with Gasteiger partial charge in [-0.25, -0.2) is 0 Å². The maximum atomic E-state index is 14.9. The fraction of sp³-hybridized carbons (Fsp3) is 0.512. The minimum Gasteiger partial charge on any atom is -0.455 e. The highest BCUT2D eigenvalue weighted by Crippen LogP contribution is 2.61. The molecule has 0 aliphatic carbocycles. The number of benzene rings is 2. The molecule has 11 nitrogen and oxygen atoms in total. The molecule has 3 amide bonds. The van der Waals surface area contributed by atoms with Gasteiger partial charge in [0.25, 0.3) is 0 Å². The number of rotatable bonds is 19. The minimum absolute atomic E-state index is 0.0446. The Morgan fingerprint density at radius 2 is 1.79 bits per heavy atom. The lowest BCUT2D eigenvalue weighted by atomic mass is 9.70. The molecule has 12 heteroatoms. The van der Waals surface area contributed by atoms with E-state index in [-0.39, 0.29) is 55.3 Å². The molecular weight excluding hydrogens is 742 g/mol. The highest BCUT2D eigenvalue weighted by Gasteiger charge is 2.77. The van der Waals surface area contributed by atoms with Crippen LogP contribution in [-0.2, 0) is 39.9 Å². The summed E-state index contributed by atoms with van der Waals surface area (Å²) in [5.74, 6) is -3.74. The standard InChI is InChI=1S/C41H52BrN3O8/c1-6-8-19-32(47)43-31(25-51-5)35(28-17-13-10-14-18-28)52-40(50)33-34-38(48)45(29(24-46)21-26(3)4)37(41(34)22-30(42)36(33)53-41)39(49)44(20-7-2)23-27-15-11-9-12-16-27/h6-7,9-18,26,29-31,33-37,46H,1-2,8,19-25H2,3-5H3,(H,43,47)/t29-,30?,31+,33-,34+,35+,36-,37-,41+/m1/s1. The van der Waals surface area contributed by atoms with Crippen LogP contribution in [0, 0.1) is 17.8 Å². The Labute approximate surface area is 320 Å². The van der Waals surface area contributed by atoms with Crippen molar-refractivity contribution in [2.24, 2.45) is 17.8 Å². The Morgan fingerprint density at radius 1 is 1.11 bits per heavy atom. The first-order valence-electron chi connectivity index (χ1n) is 18.3. The van der Waals surface area contributed by atoms with Crippen LogP contribution >= 0.6 is 15.9 Å². The lowest BCUT2D eigenvalue weighted by Gasteiger charge is -2.40. The van der Waals surface area contributed by atoms with Crippen molar-refractivity contribution in [1.29, 1.82) is 0 Å². The Kier molecular flexibility index (Phi) is 13.7. The second kappa shape index (κ2) is 18.0. The van der Waals surface area contributed by atoms with Crippen LogP contribution in [0.25, 0.3) is 0 Å². The van der Waals surface area contributed by atoms with Gasteiger partial charge in [0.05, 0.1) is 43.2 Å². The van der Waals surface area contributed by atoms with Crippen LogP contribution in [0.3, 0.4) is 0 Å². The molecule has 2 bridgehead atoms. The van der Waals surface area contributed by atoms with Crippen molar-refractivity contribution in [3.05, 3.63) is 97.1 Å². The molecule has 1 spiro atoms. The summed E-state index contributed by atoms with van der Waals surface area (Å²) >= 11 is 3.75. The Morgan fingerprint density at radius 3 is 2.40 bits per heavy atom. The van der Waals surface area contributed by atoms with E-state index in [0.29, 0.717) is 24.8 Å². The topological polar surface area (TPSA) is 135 Å². The molecule has 3 heterocycles. The van der Waals surface area contributed by atoms with E-state index in [2.05, 4.69) is 34.4 Å². The van der Waals surface area contributed by atoms with E-state index in [1.54, 1.807) is 29.2 Å².